The number of ether oxygens (including phenoxy) is 1. The summed E-state index contributed by atoms with van der Waals surface area (Å²) in [6.45, 7) is 7.91. The second-order valence-electron chi connectivity index (χ2n) is 5.52. The Hall–Kier alpha value is -1.53. The summed E-state index contributed by atoms with van der Waals surface area (Å²) in [5.74, 6) is 0. The van der Waals surface area contributed by atoms with Gasteiger partial charge in [-0.25, -0.2) is 0 Å². The van der Waals surface area contributed by atoms with E-state index in [9.17, 15) is 5.26 Å². The van der Waals surface area contributed by atoms with Crippen LogP contribution in [0.2, 0.25) is 0 Å². The molecule has 1 aromatic carbocycles. The third-order valence-electron chi connectivity index (χ3n) is 3.13. The fourth-order valence-corrected chi connectivity index (χ4v) is 2.05. The second kappa shape index (κ2) is 5.41. The lowest BCUT2D eigenvalue weighted by Gasteiger charge is -2.33. The molecule has 1 unspecified atom stereocenters. The van der Waals surface area contributed by atoms with E-state index < -0.39 is 5.54 Å². The molecule has 3 heteroatoms. The van der Waals surface area contributed by atoms with Crippen molar-refractivity contribution in [3.05, 3.63) is 29.8 Å². The molecule has 0 bridgehead atoms. The van der Waals surface area contributed by atoms with Crippen molar-refractivity contribution in [3.8, 4) is 6.07 Å². The molecule has 0 saturated carbocycles. The van der Waals surface area contributed by atoms with E-state index in [0.717, 1.165) is 11.3 Å². The van der Waals surface area contributed by atoms with Crippen LogP contribution in [0.4, 0.5) is 5.69 Å². The maximum Gasteiger partial charge on any atom is 0.125 e. The average molecular weight is 246 g/mol. The molecule has 1 aromatic rings. The van der Waals surface area contributed by atoms with Crippen LogP contribution in [0.1, 0.15) is 32.8 Å². The molecule has 0 aliphatic heterocycles. The first-order valence-corrected chi connectivity index (χ1v) is 6.12. The quantitative estimate of drug-likeness (QED) is 0.864. The molecule has 0 fully saturated rings. The van der Waals surface area contributed by atoms with Crippen molar-refractivity contribution >= 4 is 5.69 Å². The minimum Gasteiger partial charge on any atom is -0.379 e. The minimum absolute atomic E-state index is 0.333. The van der Waals surface area contributed by atoms with Gasteiger partial charge in [-0.1, -0.05) is 18.2 Å². The summed E-state index contributed by atoms with van der Waals surface area (Å²) in [4.78, 5) is 0. The van der Waals surface area contributed by atoms with E-state index in [-0.39, 0.29) is 5.60 Å². The summed E-state index contributed by atoms with van der Waals surface area (Å²) >= 11 is 0. The number of nitriles is 1. The maximum atomic E-state index is 9.43. The molecular weight excluding hydrogens is 224 g/mol. The van der Waals surface area contributed by atoms with Gasteiger partial charge in [0.15, 0.2) is 0 Å². The first kappa shape index (κ1) is 14.5. The molecule has 0 aliphatic carbocycles. The molecule has 3 nitrogen and oxygen atoms in total. The number of rotatable bonds is 5. The van der Waals surface area contributed by atoms with Gasteiger partial charge in [0.05, 0.1) is 11.7 Å². The molecule has 0 amide bonds. The van der Waals surface area contributed by atoms with E-state index in [1.165, 1.54) is 0 Å². The highest BCUT2D eigenvalue weighted by molar-refractivity contribution is 5.53. The van der Waals surface area contributed by atoms with Crippen LogP contribution in [0, 0.1) is 18.3 Å². The number of hydrogen-bond donors (Lipinski definition) is 1. The number of hydrogen-bond acceptors (Lipinski definition) is 3. The minimum atomic E-state index is -0.647. The van der Waals surface area contributed by atoms with E-state index in [2.05, 4.69) is 11.4 Å². The van der Waals surface area contributed by atoms with Gasteiger partial charge in [-0.05, 0) is 39.3 Å². The number of nitrogens with one attached hydrogen (secondary N) is 1. The summed E-state index contributed by atoms with van der Waals surface area (Å²) < 4.78 is 5.41. The highest BCUT2D eigenvalue weighted by Gasteiger charge is 2.32. The first-order chi connectivity index (χ1) is 8.32. The molecule has 1 N–H and O–H groups in total. The Morgan fingerprint density at radius 1 is 1.28 bits per heavy atom. The number of aryl methyl sites for hydroxylation is 1. The Labute approximate surface area is 110 Å². The third kappa shape index (κ3) is 3.75. The maximum absolute atomic E-state index is 9.43. The monoisotopic (exact) mass is 246 g/mol. The molecule has 0 radical (unpaired) electrons. The Bertz CT molecular complexity index is 448. The first-order valence-electron chi connectivity index (χ1n) is 6.12. The van der Waals surface area contributed by atoms with Crippen LogP contribution in [0.5, 0.6) is 0 Å². The Kier molecular flexibility index (Phi) is 4.37. The third-order valence-corrected chi connectivity index (χ3v) is 3.13. The van der Waals surface area contributed by atoms with Gasteiger partial charge in [0.25, 0.3) is 0 Å². The Balaban J connectivity index is 2.91. The van der Waals surface area contributed by atoms with Crippen LogP contribution in [0.3, 0.4) is 0 Å². The lowest BCUT2D eigenvalue weighted by Crippen LogP contribution is -2.41. The van der Waals surface area contributed by atoms with E-state index in [1.807, 2.05) is 52.0 Å². The highest BCUT2D eigenvalue weighted by atomic mass is 16.5. The van der Waals surface area contributed by atoms with Gasteiger partial charge in [0.2, 0.25) is 0 Å². The fourth-order valence-electron chi connectivity index (χ4n) is 2.05. The normalized spacial score (nSPS) is 14.7. The van der Waals surface area contributed by atoms with E-state index in [4.69, 9.17) is 4.74 Å². The van der Waals surface area contributed by atoms with Gasteiger partial charge in [-0.15, -0.1) is 0 Å². The summed E-state index contributed by atoms with van der Waals surface area (Å²) in [5, 5.41) is 12.8. The molecule has 98 valence electrons. The molecule has 1 rings (SSSR count). The predicted octanol–water partition coefficient (Wildman–Crippen LogP) is 3.50. The van der Waals surface area contributed by atoms with Crippen LogP contribution in [0.15, 0.2) is 24.3 Å². The van der Waals surface area contributed by atoms with Gasteiger partial charge >= 0.3 is 0 Å². The standard InChI is InChI=1S/C15H22N2O/c1-12-8-6-7-9-13(12)17-15(4,11-16)10-14(2,3)18-5/h6-9,17H,10H2,1-5H3. The van der Waals surface area contributed by atoms with Crippen LogP contribution in [-0.2, 0) is 4.74 Å². The molecule has 0 spiro atoms. The lowest BCUT2D eigenvalue weighted by molar-refractivity contribution is 0.00725. The SMILES string of the molecule is COC(C)(C)CC(C)(C#N)Nc1ccccc1C. The van der Waals surface area contributed by atoms with Crippen molar-refractivity contribution in [1.82, 2.24) is 0 Å². The highest BCUT2D eigenvalue weighted by Crippen LogP contribution is 2.27. The van der Waals surface area contributed by atoms with E-state index >= 15 is 0 Å². The van der Waals surface area contributed by atoms with Crippen molar-refractivity contribution in [1.29, 1.82) is 5.26 Å². The molecule has 0 aliphatic rings. The predicted molar refractivity (Wildman–Crippen MR) is 74.5 cm³/mol. The molecule has 1 atom stereocenters. The van der Waals surface area contributed by atoms with Crippen molar-refractivity contribution in [3.63, 3.8) is 0 Å². The largest absolute Gasteiger partial charge is 0.379 e. The smallest absolute Gasteiger partial charge is 0.125 e. The number of benzene rings is 1. The van der Waals surface area contributed by atoms with Crippen LogP contribution in [0.25, 0.3) is 0 Å². The zero-order valence-electron chi connectivity index (χ0n) is 11.9. The Morgan fingerprint density at radius 2 is 1.89 bits per heavy atom. The van der Waals surface area contributed by atoms with Crippen LogP contribution < -0.4 is 5.32 Å². The van der Waals surface area contributed by atoms with Crippen molar-refractivity contribution < 1.29 is 4.74 Å². The zero-order chi connectivity index (χ0) is 13.8. The molecular formula is C15H22N2O. The van der Waals surface area contributed by atoms with E-state index in [0.29, 0.717) is 6.42 Å². The molecule has 18 heavy (non-hydrogen) atoms. The van der Waals surface area contributed by atoms with E-state index in [1.54, 1.807) is 7.11 Å². The number of anilines is 1. The van der Waals surface area contributed by atoms with Gasteiger partial charge in [-0.2, -0.15) is 5.26 Å². The van der Waals surface area contributed by atoms with Crippen molar-refractivity contribution in [2.24, 2.45) is 0 Å². The Morgan fingerprint density at radius 3 is 2.39 bits per heavy atom. The molecule has 0 heterocycles. The lowest BCUT2D eigenvalue weighted by atomic mass is 9.88. The number of nitrogens with zero attached hydrogens (tertiary/aromatic N) is 1. The summed E-state index contributed by atoms with van der Waals surface area (Å²) in [7, 11) is 1.67. The molecule has 0 saturated heterocycles. The van der Waals surface area contributed by atoms with Gasteiger partial charge in [-0.3, -0.25) is 0 Å². The number of para-hydroxylation sites is 1. The van der Waals surface area contributed by atoms with Crippen LogP contribution in [-0.4, -0.2) is 18.2 Å². The molecule has 0 aromatic heterocycles. The van der Waals surface area contributed by atoms with Crippen molar-refractivity contribution in [2.45, 2.75) is 45.3 Å². The van der Waals surface area contributed by atoms with Gasteiger partial charge < -0.3 is 10.1 Å². The number of methoxy groups -OCH3 is 1. The summed E-state index contributed by atoms with van der Waals surface area (Å²) in [6.07, 6.45) is 0.612. The topological polar surface area (TPSA) is 45.0 Å². The van der Waals surface area contributed by atoms with Gasteiger partial charge in [0.1, 0.15) is 5.54 Å². The summed E-state index contributed by atoms with van der Waals surface area (Å²) in [6, 6.07) is 10.3. The van der Waals surface area contributed by atoms with Crippen molar-refractivity contribution in [2.75, 3.05) is 12.4 Å². The second-order valence-corrected chi connectivity index (χ2v) is 5.52. The summed E-state index contributed by atoms with van der Waals surface area (Å²) in [5.41, 5.74) is 1.15. The zero-order valence-corrected chi connectivity index (χ0v) is 11.9. The van der Waals surface area contributed by atoms with Gasteiger partial charge in [0, 0.05) is 19.2 Å². The average Bonchev–Trinajstić information content (AvgIpc) is 2.32. The van der Waals surface area contributed by atoms with Crippen LogP contribution >= 0.6 is 0 Å². The fraction of sp³-hybridized carbons (Fsp3) is 0.533.